The highest BCUT2D eigenvalue weighted by Gasteiger charge is 2.04. The minimum Gasteiger partial charge on any atom is -0.363 e. The molecule has 0 N–H and O–H groups in total. The second-order valence-corrected chi connectivity index (χ2v) is 2.84. The molecule has 0 spiro atoms. The molecule has 70 valence electrons. The lowest BCUT2D eigenvalue weighted by atomic mass is 10.2. The van der Waals surface area contributed by atoms with E-state index in [1.807, 2.05) is 0 Å². The fourth-order valence-corrected chi connectivity index (χ4v) is 1.06. The number of nitrogens with zero attached hydrogens (tertiary/aromatic N) is 2. The first-order valence-corrected chi connectivity index (χ1v) is 4.03. The quantitative estimate of drug-likeness (QED) is 0.661. The van der Waals surface area contributed by atoms with E-state index in [9.17, 15) is 4.39 Å². The largest absolute Gasteiger partial charge is 0.363 e. The summed E-state index contributed by atoms with van der Waals surface area (Å²) in [7, 11) is 1.76. The van der Waals surface area contributed by atoms with Crippen molar-refractivity contribution in [3.05, 3.63) is 29.6 Å². The molecule has 0 atom stereocenters. The Hall–Kier alpha value is -2.00. The van der Waals surface area contributed by atoms with Gasteiger partial charge in [0.15, 0.2) is 0 Å². The summed E-state index contributed by atoms with van der Waals surface area (Å²) in [6.45, 7) is 0.408. The molecule has 0 radical (unpaired) electrons. The van der Waals surface area contributed by atoms with Crippen molar-refractivity contribution in [3.63, 3.8) is 0 Å². The highest BCUT2D eigenvalue weighted by Crippen LogP contribution is 2.16. The van der Waals surface area contributed by atoms with E-state index in [2.05, 4.69) is 5.92 Å². The van der Waals surface area contributed by atoms with Gasteiger partial charge in [-0.3, -0.25) is 0 Å². The highest BCUT2D eigenvalue weighted by molar-refractivity contribution is 5.50. The summed E-state index contributed by atoms with van der Waals surface area (Å²) in [5.41, 5.74) is 0.710. The fourth-order valence-electron chi connectivity index (χ4n) is 1.06. The van der Waals surface area contributed by atoms with E-state index in [4.69, 9.17) is 11.7 Å². The lowest BCUT2D eigenvalue weighted by Crippen LogP contribution is -2.17. The fraction of sp³-hybridized carbons (Fsp3) is 0.182. The Morgan fingerprint density at radius 2 is 2.29 bits per heavy atom. The molecule has 0 aromatic heterocycles. The van der Waals surface area contributed by atoms with E-state index in [0.29, 0.717) is 12.2 Å². The normalized spacial score (nSPS) is 8.86. The first-order valence-electron chi connectivity index (χ1n) is 4.03. The smallest absolute Gasteiger partial charge is 0.143 e. The maximum absolute atomic E-state index is 13.2. The van der Waals surface area contributed by atoms with Crippen molar-refractivity contribution in [3.8, 4) is 18.4 Å². The van der Waals surface area contributed by atoms with Gasteiger partial charge in [-0.15, -0.1) is 6.42 Å². The standard InChI is InChI=1S/C11H9FN2/c1-3-6-14(2)10-5-4-9(8-13)11(12)7-10/h1,4-5,7H,6H2,2H3. The van der Waals surface area contributed by atoms with Crippen molar-refractivity contribution >= 4 is 5.69 Å². The van der Waals surface area contributed by atoms with Crippen LogP contribution >= 0.6 is 0 Å². The van der Waals surface area contributed by atoms with Crippen LogP contribution in [0.15, 0.2) is 18.2 Å². The predicted octanol–water partition coefficient (Wildman–Crippen LogP) is 1.77. The zero-order valence-corrected chi connectivity index (χ0v) is 7.79. The number of benzene rings is 1. The summed E-state index contributed by atoms with van der Waals surface area (Å²) >= 11 is 0. The second kappa shape index (κ2) is 4.30. The van der Waals surface area contributed by atoms with Crippen LogP contribution in [-0.4, -0.2) is 13.6 Å². The van der Waals surface area contributed by atoms with E-state index in [1.165, 1.54) is 12.1 Å². The summed E-state index contributed by atoms with van der Waals surface area (Å²) in [5.74, 6) is 1.93. The molecule has 0 fully saturated rings. The van der Waals surface area contributed by atoms with Crippen LogP contribution in [0.2, 0.25) is 0 Å². The molecule has 0 aliphatic carbocycles. The molecule has 0 aliphatic rings. The number of hydrogen-bond acceptors (Lipinski definition) is 2. The van der Waals surface area contributed by atoms with Crippen molar-refractivity contribution in [1.82, 2.24) is 0 Å². The van der Waals surface area contributed by atoms with Crippen LogP contribution < -0.4 is 4.90 Å². The van der Waals surface area contributed by atoms with Crippen LogP contribution in [0.25, 0.3) is 0 Å². The van der Waals surface area contributed by atoms with Crippen LogP contribution in [-0.2, 0) is 0 Å². The van der Waals surface area contributed by atoms with Crippen LogP contribution in [0, 0.1) is 29.5 Å². The van der Waals surface area contributed by atoms with Gasteiger partial charge in [0.05, 0.1) is 12.1 Å². The monoisotopic (exact) mass is 188 g/mol. The van der Waals surface area contributed by atoms with E-state index >= 15 is 0 Å². The Morgan fingerprint density at radius 1 is 1.57 bits per heavy atom. The minimum atomic E-state index is -0.520. The van der Waals surface area contributed by atoms with E-state index < -0.39 is 5.82 Å². The number of rotatable bonds is 2. The first-order chi connectivity index (χ1) is 6.69. The van der Waals surface area contributed by atoms with Gasteiger partial charge in [-0.05, 0) is 18.2 Å². The Morgan fingerprint density at radius 3 is 2.79 bits per heavy atom. The second-order valence-electron chi connectivity index (χ2n) is 2.84. The molecule has 0 amide bonds. The first kappa shape index (κ1) is 10.1. The van der Waals surface area contributed by atoms with Gasteiger partial charge in [-0.25, -0.2) is 4.39 Å². The Kier molecular flexibility index (Phi) is 3.09. The third kappa shape index (κ3) is 2.02. The third-order valence-electron chi connectivity index (χ3n) is 1.84. The van der Waals surface area contributed by atoms with E-state index in [1.54, 1.807) is 24.1 Å². The molecule has 2 nitrogen and oxygen atoms in total. The maximum Gasteiger partial charge on any atom is 0.143 e. The molecule has 0 unspecified atom stereocenters. The van der Waals surface area contributed by atoms with Gasteiger partial charge in [0.1, 0.15) is 11.9 Å². The lowest BCUT2D eigenvalue weighted by molar-refractivity contribution is 0.623. The summed E-state index contributed by atoms with van der Waals surface area (Å²) in [6, 6.07) is 6.17. The molecule has 0 saturated heterocycles. The maximum atomic E-state index is 13.2. The zero-order chi connectivity index (χ0) is 10.6. The summed E-state index contributed by atoms with van der Waals surface area (Å²) in [5, 5.41) is 8.52. The van der Waals surface area contributed by atoms with Gasteiger partial charge in [0.25, 0.3) is 0 Å². The number of terminal acetylenes is 1. The predicted molar refractivity (Wildman–Crippen MR) is 53.2 cm³/mol. The van der Waals surface area contributed by atoms with E-state index in [0.717, 1.165) is 0 Å². The van der Waals surface area contributed by atoms with Crippen molar-refractivity contribution in [2.75, 3.05) is 18.5 Å². The van der Waals surface area contributed by atoms with Crippen LogP contribution in [0.5, 0.6) is 0 Å². The molecule has 3 heteroatoms. The molecule has 1 aromatic carbocycles. The molecular formula is C11H9FN2. The number of anilines is 1. The summed E-state index contributed by atoms with van der Waals surface area (Å²) in [6.07, 6.45) is 5.12. The van der Waals surface area contributed by atoms with Gasteiger partial charge >= 0.3 is 0 Å². The van der Waals surface area contributed by atoms with Gasteiger partial charge < -0.3 is 4.90 Å². The SMILES string of the molecule is C#CCN(C)c1ccc(C#N)c(F)c1. The molecule has 0 bridgehead atoms. The van der Waals surface area contributed by atoms with Crippen molar-refractivity contribution < 1.29 is 4.39 Å². The molecular weight excluding hydrogens is 179 g/mol. The molecule has 1 aromatic rings. The zero-order valence-electron chi connectivity index (χ0n) is 7.79. The van der Waals surface area contributed by atoms with Gasteiger partial charge in [0, 0.05) is 12.7 Å². The van der Waals surface area contributed by atoms with Crippen LogP contribution in [0.4, 0.5) is 10.1 Å². The van der Waals surface area contributed by atoms with E-state index in [-0.39, 0.29) is 5.56 Å². The summed E-state index contributed by atoms with van der Waals surface area (Å²) in [4.78, 5) is 1.73. The summed E-state index contributed by atoms with van der Waals surface area (Å²) < 4.78 is 13.2. The van der Waals surface area contributed by atoms with Crippen molar-refractivity contribution in [1.29, 1.82) is 5.26 Å². The molecule has 0 saturated carbocycles. The Labute approximate surface area is 82.6 Å². The number of hydrogen-bond donors (Lipinski definition) is 0. The van der Waals surface area contributed by atoms with Crippen molar-refractivity contribution in [2.45, 2.75) is 0 Å². The highest BCUT2D eigenvalue weighted by atomic mass is 19.1. The van der Waals surface area contributed by atoms with Crippen LogP contribution in [0.3, 0.4) is 0 Å². The van der Waals surface area contributed by atoms with Crippen molar-refractivity contribution in [2.24, 2.45) is 0 Å². The molecule has 0 aliphatic heterocycles. The molecule has 1 rings (SSSR count). The third-order valence-corrected chi connectivity index (χ3v) is 1.84. The Bertz CT molecular complexity index is 412. The average Bonchev–Trinajstić information content (AvgIpc) is 2.18. The van der Waals surface area contributed by atoms with Gasteiger partial charge in [-0.2, -0.15) is 5.26 Å². The topological polar surface area (TPSA) is 27.0 Å². The molecule has 0 heterocycles. The van der Waals surface area contributed by atoms with Gasteiger partial charge in [-0.1, -0.05) is 5.92 Å². The number of halogens is 1. The lowest BCUT2D eigenvalue weighted by Gasteiger charge is -2.15. The average molecular weight is 188 g/mol. The van der Waals surface area contributed by atoms with Crippen LogP contribution in [0.1, 0.15) is 5.56 Å². The Balaban J connectivity index is 2.99. The van der Waals surface area contributed by atoms with Gasteiger partial charge in [0.2, 0.25) is 0 Å². The molecule has 14 heavy (non-hydrogen) atoms. The minimum absolute atomic E-state index is 0.0443. The number of nitriles is 1.